The predicted molar refractivity (Wildman–Crippen MR) is 126 cm³/mol. The van der Waals surface area contributed by atoms with Crippen LogP contribution in [0, 0.1) is 13.8 Å². The first-order valence-electron chi connectivity index (χ1n) is 10.2. The molecule has 0 atom stereocenters. The molecule has 164 valence electrons. The van der Waals surface area contributed by atoms with Gasteiger partial charge >= 0.3 is 0 Å². The minimum Gasteiger partial charge on any atom is -0.494 e. The zero-order valence-corrected chi connectivity index (χ0v) is 18.8. The maximum absolute atomic E-state index is 13.2. The number of nitrogens with zero attached hydrogens (tertiary/aromatic N) is 3. The topological polar surface area (TPSA) is 102 Å². The molecule has 8 nitrogen and oxygen atoms in total. The summed E-state index contributed by atoms with van der Waals surface area (Å²) in [6.45, 7) is 6.38. The Bertz CT molecular complexity index is 1330. The van der Waals surface area contributed by atoms with Gasteiger partial charge in [-0.05, 0) is 62.2 Å². The van der Waals surface area contributed by atoms with Crippen molar-refractivity contribution in [3.8, 4) is 11.4 Å². The predicted octanol–water partition coefficient (Wildman–Crippen LogP) is 3.86. The third-order valence-electron chi connectivity index (χ3n) is 4.86. The highest BCUT2D eigenvalue weighted by Crippen LogP contribution is 2.23. The van der Waals surface area contributed by atoms with Crippen molar-refractivity contribution in [3.05, 3.63) is 70.1 Å². The van der Waals surface area contributed by atoms with Crippen LogP contribution in [-0.2, 0) is 4.79 Å². The van der Waals surface area contributed by atoms with Gasteiger partial charge in [0, 0.05) is 5.69 Å². The highest BCUT2D eigenvalue weighted by Gasteiger charge is 2.16. The molecule has 0 aliphatic carbocycles. The average molecular weight is 450 g/mol. The lowest BCUT2D eigenvalue weighted by Crippen LogP contribution is -2.22. The van der Waals surface area contributed by atoms with Crippen LogP contribution in [-0.4, -0.2) is 38.0 Å². The van der Waals surface area contributed by atoms with Crippen LogP contribution in [0.4, 0.5) is 5.69 Å². The summed E-state index contributed by atoms with van der Waals surface area (Å²) >= 11 is 1.19. The first-order valence-corrected chi connectivity index (χ1v) is 11.1. The van der Waals surface area contributed by atoms with Crippen LogP contribution < -0.4 is 15.6 Å². The van der Waals surface area contributed by atoms with Gasteiger partial charge < -0.3 is 10.1 Å². The summed E-state index contributed by atoms with van der Waals surface area (Å²) in [5, 5.41) is 10.4. The molecular formula is C23H23N5O3S. The molecule has 9 heteroatoms. The quantitative estimate of drug-likeness (QED) is 0.328. The molecule has 4 rings (SSSR count). The van der Waals surface area contributed by atoms with E-state index in [2.05, 4.69) is 20.5 Å². The molecule has 0 bridgehead atoms. The zero-order chi connectivity index (χ0) is 22.7. The minimum atomic E-state index is -0.259. The monoisotopic (exact) mass is 449 g/mol. The Hall–Kier alpha value is -3.59. The van der Waals surface area contributed by atoms with E-state index in [-0.39, 0.29) is 17.2 Å². The van der Waals surface area contributed by atoms with Crippen LogP contribution in [0.1, 0.15) is 18.1 Å². The number of thioether (sulfide) groups is 1. The molecule has 0 aliphatic rings. The number of aromatic amines is 1. The molecule has 4 aromatic rings. The standard InChI is InChI=1S/C23H23N5O3S/c1-4-31-17-9-7-16(8-10-17)28-22(30)18-12-24-27-21(18)26-23(28)32-13-20(29)25-19-11-14(2)5-6-15(19)3/h5-12H,4,13H2,1-3H3,(H,24,27)(H,25,29). The van der Waals surface area contributed by atoms with Crippen molar-refractivity contribution >= 4 is 34.4 Å². The number of H-pyrrole nitrogens is 1. The van der Waals surface area contributed by atoms with Gasteiger partial charge in [-0.15, -0.1) is 0 Å². The number of hydrogen-bond acceptors (Lipinski definition) is 6. The second-order valence-electron chi connectivity index (χ2n) is 7.25. The van der Waals surface area contributed by atoms with Gasteiger partial charge in [-0.1, -0.05) is 23.9 Å². The summed E-state index contributed by atoms with van der Waals surface area (Å²) in [6.07, 6.45) is 1.46. The summed E-state index contributed by atoms with van der Waals surface area (Å²) in [5.41, 5.74) is 3.58. The smallest absolute Gasteiger partial charge is 0.269 e. The van der Waals surface area contributed by atoms with E-state index >= 15 is 0 Å². The minimum absolute atomic E-state index is 0.0937. The molecule has 0 spiro atoms. The number of hydrogen-bond donors (Lipinski definition) is 2. The number of nitrogens with one attached hydrogen (secondary N) is 2. The second kappa shape index (κ2) is 9.27. The fourth-order valence-electron chi connectivity index (χ4n) is 3.24. The van der Waals surface area contributed by atoms with Crippen molar-refractivity contribution in [2.45, 2.75) is 25.9 Å². The summed E-state index contributed by atoms with van der Waals surface area (Å²) in [6, 6.07) is 13.1. The molecule has 2 N–H and O–H groups in total. The summed E-state index contributed by atoms with van der Waals surface area (Å²) < 4.78 is 6.98. The third kappa shape index (κ3) is 4.52. The first kappa shape index (κ1) is 21.6. The van der Waals surface area contributed by atoms with E-state index in [0.717, 1.165) is 16.8 Å². The molecule has 0 saturated heterocycles. The largest absolute Gasteiger partial charge is 0.494 e. The van der Waals surface area contributed by atoms with E-state index in [9.17, 15) is 9.59 Å². The fraction of sp³-hybridized carbons (Fsp3) is 0.217. The molecule has 0 saturated carbocycles. The van der Waals surface area contributed by atoms with Gasteiger partial charge in [0.1, 0.15) is 11.1 Å². The Morgan fingerprint density at radius 1 is 1.19 bits per heavy atom. The van der Waals surface area contributed by atoms with E-state index < -0.39 is 0 Å². The molecule has 0 fully saturated rings. The second-order valence-corrected chi connectivity index (χ2v) is 8.19. The number of ether oxygens (including phenoxy) is 1. The molecule has 1 amide bonds. The molecule has 2 aromatic carbocycles. The van der Waals surface area contributed by atoms with Gasteiger partial charge in [0.25, 0.3) is 5.56 Å². The maximum Gasteiger partial charge on any atom is 0.269 e. The van der Waals surface area contributed by atoms with E-state index in [1.807, 2.05) is 39.0 Å². The highest BCUT2D eigenvalue weighted by atomic mass is 32.2. The fourth-order valence-corrected chi connectivity index (χ4v) is 4.05. The van der Waals surface area contributed by atoms with Crippen molar-refractivity contribution in [3.63, 3.8) is 0 Å². The number of carbonyl (C=O) groups excluding carboxylic acids is 1. The van der Waals surface area contributed by atoms with Crippen LogP contribution in [0.3, 0.4) is 0 Å². The molecule has 0 radical (unpaired) electrons. The van der Waals surface area contributed by atoms with Gasteiger partial charge in [-0.25, -0.2) is 4.98 Å². The Morgan fingerprint density at radius 2 is 1.97 bits per heavy atom. The van der Waals surface area contributed by atoms with Gasteiger partial charge in [0.15, 0.2) is 10.8 Å². The molecule has 2 heterocycles. The Labute approximate surface area is 189 Å². The lowest BCUT2D eigenvalue weighted by atomic mass is 10.1. The number of aromatic nitrogens is 4. The Kier molecular flexibility index (Phi) is 6.27. The number of aryl methyl sites for hydroxylation is 2. The number of rotatable bonds is 7. The normalized spacial score (nSPS) is 11.0. The number of fused-ring (bicyclic) bond motifs is 1. The highest BCUT2D eigenvalue weighted by molar-refractivity contribution is 7.99. The Morgan fingerprint density at radius 3 is 2.72 bits per heavy atom. The van der Waals surface area contributed by atoms with Gasteiger partial charge in [0.05, 0.1) is 24.2 Å². The van der Waals surface area contributed by atoms with Crippen molar-refractivity contribution in [2.75, 3.05) is 17.7 Å². The molecule has 32 heavy (non-hydrogen) atoms. The van der Waals surface area contributed by atoms with Crippen molar-refractivity contribution < 1.29 is 9.53 Å². The van der Waals surface area contributed by atoms with Gasteiger partial charge in [-0.3, -0.25) is 19.3 Å². The number of amides is 1. The molecule has 0 unspecified atom stereocenters. The third-order valence-corrected chi connectivity index (χ3v) is 5.80. The SMILES string of the molecule is CCOc1ccc(-n2c(SCC(=O)Nc3cc(C)ccc3C)nc3[nH]ncc3c2=O)cc1. The Balaban J connectivity index is 1.63. The summed E-state index contributed by atoms with van der Waals surface area (Å²) in [7, 11) is 0. The molecular weight excluding hydrogens is 426 g/mol. The first-order chi connectivity index (χ1) is 15.5. The van der Waals surface area contributed by atoms with Crippen molar-refractivity contribution in [1.29, 1.82) is 0 Å². The maximum atomic E-state index is 13.2. The van der Waals surface area contributed by atoms with Crippen molar-refractivity contribution in [2.24, 2.45) is 0 Å². The van der Waals surface area contributed by atoms with E-state index in [4.69, 9.17) is 4.74 Å². The number of benzene rings is 2. The molecule has 0 aliphatic heterocycles. The zero-order valence-electron chi connectivity index (χ0n) is 18.0. The van der Waals surface area contributed by atoms with Crippen LogP contribution in [0.25, 0.3) is 16.7 Å². The lowest BCUT2D eigenvalue weighted by molar-refractivity contribution is -0.113. The summed E-state index contributed by atoms with van der Waals surface area (Å²) in [4.78, 5) is 30.3. The van der Waals surface area contributed by atoms with Crippen LogP contribution in [0.5, 0.6) is 5.75 Å². The summed E-state index contributed by atoms with van der Waals surface area (Å²) in [5.74, 6) is 0.626. The van der Waals surface area contributed by atoms with Crippen molar-refractivity contribution in [1.82, 2.24) is 19.7 Å². The van der Waals surface area contributed by atoms with Crippen LogP contribution in [0.2, 0.25) is 0 Å². The van der Waals surface area contributed by atoms with E-state index in [1.165, 1.54) is 22.5 Å². The van der Waals surface area contributed by atoms with Gasteiger partial charge in [0.2, 0.25) is 5.91 Å². The average Bonchev–Trinajstić information content (AvgIpc) is 3.25. The van der Waals surface area contributed by atoms with Gasteiger partial charge in [-0.2, -0.15) is 5.10 Å². The lowest BCUT2D eigenvalue weighted by Gasteiger charge is -2.13. The van der Waals surface area contributed by atoms with E-state index in [1.54, 1.807) is 24.3 Å². The van der Waals surface area contributed by atoms with Crippen LogP contribution >= 0.6 is 11.8 Å². The molecule has 2 aromatic heterocycles. The number of anilines is 1. The number of carbonyl (C=O) groups is 1. The van der Waals surface area contributed by atoms with Crippen LogP contribution in [0.15, 0.2) is 58.6 Å². The van der Waals surface area contributed by atoms with E-state index in [0.29, 0.717) is 34.2 Å².